The second kappa shape index (κ2) is 10.1. The first-order valence-electron chi connectivity index (χ1n) is 11.0. The van der Waals surface area contributed by atoms with Gasteiger partial charge in [-0.05, 0) is 75.0 Å². The Bertz CT molecular complexity index is 724. The average Bonchev–Trinajstić information content (AvgIpc) is 3.31. The minimum absolute atomic E-state index is 0.0735. The van der Waals surface area contributed by atoms with E-state index < -0.39 is 0 Å². The Kier molecular flexibility index (Phi) is 7.01. The fourth-order valence-electron chi connectivity index (χ4n) is 4.45. The molecule has 2 aromatic rings. The summed E-state index contributed by atoms with van der Waals surface area (Å²) in [6.45, 7) is 6.93. The third kappa shape index (κ3) is 5.49. The van der Waals surface area contributed by atoms with E-state index in [1.807, 2.05) is 24.4 Å². The van der Waals surface area contributed by atoms with E-state index in [-0.39, 0.29) is 5.41 Å². The van der Waals surface area contributed by atoms with Crippen molar-refractivity contribution < 1.29 is 9.47 Å². The maximum atomic E-state index is 5.99. The van der Waals surface area contributed by atoms with Gasteiger partial charge < -0.3 is 19.7 Å². The van der Waals surface area contributed by atoms with Crippen molar-refractivity contribution >= 4 is 5.82 Å². The molecular weight excluding hydrogens is 362 g/mol. The van der Waals surface area contributed by atoms with Crippen LogP contribution in [0.3, 0.4) is 0 Å². The van der Waals surface area contributed by atoms with Crippen molar-refractivity contribution in [1.29, 1.82) is 0 Å². The summed E-state index contributed by atoms with van der Waals surface area (Å²) in [7, 11) is 0. The third-order valence-corrected chi connectivity index (χ3v) is 6.28. The highest BCUT2D eigenvalue weighted by Gasteiger charge is 2.34. The molecule has 1 aromatic carbocycles. The molecule has 0 saturated carbocycles. The van der Waals surface area contributed by atoms with Crippen LogP contribution >= 0.6 is 0 Å². The Balaban J connectivity index is 1.33. The van der Waals surface area contributed by atoms with Crippen molar-refractivity contribution in [3.63, 3.8) is 0 Å². The molecule has 0 unspecified atom stereocenters. The summed E-state index contributed by atoms with van der Waals surface area (Å²) in [5.74, 6) is 1.89. The topological polar surface area (TPSA) is 46.6 Å². The first-order valence-corrected chi connectivity index (χ1v) is 11.0. The Labute approximate surface area is 174 Å². The van der Waals surface area contributed by atoms with Crippen LogP contribution in [0.1, 0.15) is 37.7 Å². The van der Waals surface area contributed by atoms with Crippen molar-refractivity contribution in [3.8, 4) is 5.75 Å². The van der Waals surface area contributed by atoms with Gasteiger partial charge in [-0.25, -0.2) is 4.98 Å². The number of nitrogens with zero attached hydrogens (tertiary/aromatic N) is 2. The molecule has 0 amide bonds. The molecule has 0 atom stereocenters. The predicted molar refractivity (Wildman–Crippen MR) is 117 cm³/mol. The van der Waals surface area contributed by atoms with Crippen LogP contribution in [0.4, 0.5) is 5.82 Å². The van der Waals surface area contributed by atoms with Crippen LogP contribution in [-0.4, -0.2) is 55.9 Å². The standard InChI is InChI=1S/C24H33N3O2/c1-2-13-25-23(6-1)26-20-24(11-18-28-19-12-24)21-7-9-22(10-8-21)29-17-5-16-27-14-3-4-15-27/h1-2,6-10,13H,3-5,11-12,14-20H2,(H,25,26). The number of ether oxygens (including phenoxy) is 2. The summed E-state index contributed by atoms with van der Waals surface area (Å²) < 4.78 is 11.7. The van der Waals surface area contributed by atoms with Crippen LogP contribution < -0.4 is 10.1 Å². The van der Waals surface area contributed by atoms with E-state index in [1.165, 1.54) is 31.5 Å². The molecule has 2 aliphatic rings. The largest absolute Gasteiger partial charge is 0.494 e. The van der Waals surface area contributed by atoms with Gasteiger partial charge >= 0.3 is 0 Å². The number of rotatable bonds is 9. The molecule has 5 nitrogen and oxygen atoms in total. The molecule has 29 heavy (non-hydrogen) atoms. The van der Waals surface area contributed by atoms with Crippen LogP contribution in [0.15, 0.2) is 48.7 Å². The Morgan fingerprint density at radius 1 is 1.03 bits per heavy atom. The van der Waals surface area contributed by atoms with Crippen LogP contribution in [0.5, 0.6) is 5.75 Å². The van der Waals surface area contributed by atoms with E-state index in [1.54, 1.807) is 0 Å². The molecule has 1 N–H and O–H groups in total. The minimum atomic E-state index is 0.0735. The number of likely N-dealkylation sites (tertiary alicyclic amines) is 1. The smallest absolute Gasteiger partial charge is 0.125 e. The Morgan fingerprint density at radius 3 is 2.55 bits per heavy atom. The quantitative estimate of drug-likeness (QED) is 0.648. The van der Waals surface area contributed by atoms with Crippen molar-refractivity contribution in [2.24, 2.45) is 0 Å². The van der Waals surface area contributed by atoms with E-state index in [4.69, 9.17) is 9.47 Å². The highest BCUT2D eigenvalue weighted by Crippen LogP contribution is 2.36. The van der Waals surface area contributed by atoms with E-state index in [0.717, 1.165) is 63.7 Å². The van der Waals surface area contributed by atoms with Gasteiger partial charge in [0, 0.05) is 37.9 Å². The second-order valence-corrected chi connectivity index (χ2v) is 8.24. The molecule has 0 spiro atoms. The molecule has 2 fully saturated rings. The number of hydrogen-bond donors (Lipinski definition) is 1. The van der Waals surface area contributed by atoms with Gasteiger partial charge in [-0.15, -0.1) is 0 Å². The normalized spacial score (nSPS) is 19.2. The zero-order chi connectivity index (χ0) is 19.8. The Hall–Kier alpha value is -2.11. The van der Waals surface area contributed by atoms with Gasteiger partial charge in [-0.3, -0.25) is 0 Å². The first kappa shape index (κ1) is 20.2. The zero-order valence-corrected chi connectivity index (χ0v) is 17.3. The fourth-order valence-corrected chi connectivity index (χ4v) is 4.45. The number of hydrogen-bond acceptors (Lipinski definition) is 5. The summed E-state index contributed by atoms with van der Waals surface area (Å²) in [5, 5.41) is 3.53. The summed E-state index contributed by atoms with van der Waals surface area (Å²) in [4.78, 5) is 6.94. The van der Waals surface area contributed by atoms with Gasteiger partial charge in [0.1, 0.15) is 11.6 Å². The lowest BCUT2D eigenvalue weighted by molar-refractivity contribution is 0.0543. The molecule has 3 heterocycles. The number of anilines is 1. The van der Waals surface area contributed by atoms with Gasteiger partial charge in [0.05, 0.1) is 6.61 Å². The van der Waals surface area contributed by atoms with Gasteiger partial charge in [0.25, 0.3) is 0 Å². The molecule has 2 saturated heterocycles. The number of aromatic nitrogens is 1. The van der Waals surface area contributed by atoms with Gasteiger partial charge in [0.2, 0.25) is 0 Å². The molecule has 156 valence electrons. The van der Waals surface area contributed by atoms with Crippen LogP contribution in [0.2, 0.25) is 0 Å². The third-order valence-electron chi connectivity index (χ3n) is 6.28. The minimum Gasteiger partial charge on any atom is -0.494 e. The lowest BCUT2D eigenvalue weighted by Crippen LogP contribution is -2.40. The maximum Gasteiger partial charge on any atom is 0.125 e. The summed E-state index contributed by atoms with van der Waals surface area (Å²) >= 11 is 0. The first-order chi connectivity index (χ1) is 14.3. The van der Waals surface area contributed by atoms with Gasteiger partial charge in [-0.2, -0.15) is 0 Å². The van der Waals surface area contributed by atoms with Gasteiger partial charge in [-0.1, -0.05) is 18.2 Å². The second-order valence-electron chi connectivity index (χ2n) is 8.24. The molecule has 2 aliphatic heterocycles. The van der Waals surface area contributed by atoms with E-state index in [2.05, 4.69) is 39.5 Å². The van der Waals surface area contributed by atoms with Crippen LogP contribution in [-0.2, 0) is 10.2 Å². The maximum absolute atomic E-state index is 5.99. The molecule has 4 rings (SSSR count). The lowest BCUT2D eigenvalue weighted by Gasteiger charge is -2.38. The molecule has 1 aromatic heterocycles. The fraction of sp³-hybridized carbons (Fsp3) is 0.542. The molecule has 0 radical (unpaired) electrons. The predicted octanol–water partition coefficient (Wildman–Crippen LogP) is 4.11. The van der Waals surface area contributed by atoms with Crippen molar-refractivity contribution in [1.82, 2.24) is 9.88 Å². The summed E-state index contributed by atoms with van der Waals surface area (Å²) in [5.41, 5.74) is 1.43. The van der Waals surface area contributed by atoms with Crippen molar-refractivity contribution in [3.05, 3.63) is 54.2 Å². The Morgan fingerprint density at radius 2 is 1.83 bits per heavy atom. The van der Waals surface area contributed by atoms with Gasteiger partial charge in [0.15, 0.2) is 0 Å². The monoisotopic (exact) mass is 395 g/mol. The van der Waals surface area contributed by atoms with E-state index in [0.29, 0.717) is 0 Å². The number of pyridine rings is 1. The lowest BCUT2D eigenvalue weighted by atomic mass is 9.74. The van der Waals surface area contributed by atoms with Crippen molar-refractivity contribution in [2.75, 3.05) is 51.3 Å². The highest BCUT2D eigenvalue weighted by molar-refractivity contribution is 5.38. The average molecular weight is 396 g/mol. The van der Waals surface area contributed by atoms with E-state index >= 15 is 0 Å². The van der Waals surface area contributed by atoms with Crippen molar-refractivity contribution in [2.45, 2.75) is 37.5 Å². The van der Waals surface area contributed by atoms with E-state index in [9.17, 15) is 0 Å². The van der Waals surface area contributed by atoms with Crippen LogP contribution in [0.25, 0.3) is 0 Å². The molecule has 0 bridgehead atoms. The van der Waals surface area contributed by atoms with Crippen LogP contribution in [0, 0.1) is 0 Å². The zero-order valence-electron chi connectivity index (χ0n) is 17.3. The molecule has 0 aliphatic carbocycles. The summed E-state index contributed by atoms with van der Waals surface area (Å²) in [6.07, 6.45) is 7.66. The number of nitrogens with one attached hydrogen (secondary N) is 1. The summed E-state index contributed by atoms with van der Waals surface area (Å²) in [6, 6.07) is 14.7. The molecular formula is C24H33N3O2. The molecule has 5 heteroatoms. The number of benzene rings is 1. The highest BCUT2D eigenvalue weighted by atomic mass is 16.5. The SMILES string of the molecule is c1ccc(NCC2(c3ccc(OCCCN4CCCC4)cc3)CCOCC2)nc1.